The Hall–Kier alpha value is -7.42. The van der Waals surface area contributed by atoms with E-state index in [9.17, 15) is 28.8 Å². The number of aliphatic carboxylic acids is 1. The number of ether oxygens (including phenoxy) is 4. The van der Waals surface area contributed by atoms with Crippen molar-refractivity contribution in [2.45, 2.75) is 117 Å². The van der Waals surface area contributed by atoms with Crippen LogP contribution in [0.3, 0.4) is 0 Å². The number of carbonyl (C=O) groups is 6. The number of carboxylic acids is 1. The van der Waals surface area contributed by atoms with Crippen molar-refractivity contribution in [3.8, 4) is 11.5 Å². The van der Waals surface area contributed by atoms with E-state index in [1.165, 1.54) is 6.08 Å². The second kappa shape index (κ2) is 30.9. The van der Waals surface area contributed by atoms with E-state index >= 15 is 0 Å². The van der Waals surface area contributed by atoms with Crippen LogP contribution < -0.4 is 31.2 Å². The molecule has 3 amide bonds. The van der Waals surface area contributed by atoms with Crippen LogP contribution in [0.4, 0.5) is 21.0 Å². The Morgan fingerprint density at radius 1 is 0.577 bits per heavy atom. The molecule has 4 aromatic rings. The number of nitrogen functional groups attached to an aromatic ring is 1. The Morgan fingerprint density at radius 3 is 1.32 bits per heavy atom. The first kappa shape index (κ1) is 59.7. The molecule has 0 bridgehead atoms. The average molecular weight is 979 g/mol. The van der Waals surface area contributed by atoms with Gasteiger partial charge in [0.15, 0.2) is 11.6 Å². The lowest BCUT2D eigenvalue weighted by Gasteiger charge is -2.22. The molecule has 0 fully saturated rings. The number of amides is 3. The number of nitrogens with one attached hydrogen (secondary N) is 3. The number of anilines is 2. The summed E-state index contributed by atoms with van der Waals surface area (Å²) in [6.07, 6.45) is 7.70. The highest BCUT2D eigenvalue weighted by Gasteiger charge is 2.24. The predicted molar refractivity (Wildman–Crippen MR) is 278 cm³/mol. The zero-order valence-electron chi connectivity index (χ0n) is 42.9. The van der Waals surface area contributed by atoms with Gasteiger partial charge in [0.25, 0.3) is 0 Å². The van der Waals surface area contributed by atoms with Gasteiger partial charge in [-0.1, -0.05) is 72.8 Å². The van der Waals surface area contributed by atoms with Gasteiger partial charge in [-0.15, -0.1) is 0 Å². The number of alkyl carbamates (subject to hydrolysis) is 2. The Labute approximate surface area is 419 Å². The van der Waals surface area contributed by atoms with Crippen LogP contribution in [-0.2, 0) is 41.5 Å². The van der Waals surface area contributed by atoms with Crippen LogP contribution >= 0.6 is 0 Å². The van der Waals surface area contributed by atoms with Gasteiger partial charge in [0.05, 0.1) is 26.3 Å². The fourth-order valence-electron chi connectivity index (χ4n) is 6.43. The maximum absolute atomic E-state index is 12.8. The number of hydrogen-bond acceptors (Lipinski definition) is 11. The Kier molecular flexibility index (Phi) is 26.0. The number of aryl methyl sites for hydroxylation is 2. The van der Waals surface area contributed by atoms with Gasteiger partial charge in [0, 0.05) is 30.3 Å². The van der Waals surface area contributed by atoms with E-state index in [1.54, 1.807) is 118 Å². The molecule has 0 heterocycles. The molecule has 0 saturated heterocycles. The molecule has 0 unspecified atom stereocenters. The summed E-state index contributed by atoms with van der Waals surface area (Å²) in [5.74, 6) is -0.498. The fourth-order valence-corrected chi connectivity index (χ4v) is 6.43. The van der Waals surface area contributed by atoms with E-state index in [-0.39, 0.29) is 42.2 Å². The van der Waals surface area contributed by atoms with Crippen LogP contribution in [-0.4, -0.2) is 78.2 Å². The first-order chi connectivity index (χ1) is 33.4. The molecule has 15 heteroatoms. The van der Waals surface area contributed by atoms with Crippen molar-refractivity contribution in [2.24, 2.45) is 11.8 Å². The second-order valence-electron chi connectivity index (χ2n) is 18.7. The number of allylic oxidation sites excluding steroid dienone is 2. The Morgan fingerprint density at radius 2 is 0.958 bits per heavy atom. The largest absolute Gasteiger partial charge is 0.497 e. The standard InChI is InChI=1S/C28H36N2O5.C21H29NO5.C7H9NO/c1-20(29-27(33)35-28(2,3)4)25(31)19-22(12-11-21-9-7-6-8-10-21)13-18-26(32)30-23-14-16-24(34-5)17-15-23;1-15(22-20(26)27-21(2,3)4)18(23)14-17(12-13-19(24)25)11-10-16-8-6-5-7-9-16;1-9-7-4-2-6(8)3-5-7/h6-10,13-18,20,22H,11-12,19H2,1-5H3,(H,29,33)(H,30,32);5-9,12-13,15,17H,10-11,14H2,1-4H3,(H,22,26)(H,24,25);2-5H,8H2,1H3/b18-13+;13-12+;/t20-,22-;15-,17-;/m00./s1. The zero-order chi connectivity index (χ0) is 53.0. The lowest BCUT2D eigenvalue weighted by atomic mass is 9.92. The normalized spacial score (nSPS) is 12.8. The molecule has 0 aromatic heterocycles. The topological polar surface area (TPSA) is 222 Å². The van der Waals surface area contributed by atoms with Crippen LogP contribution in [0.25, 0.3) is 0 Å². The summed E-state index contributed by atoms with van der Waals surface area (Å²) < 4.78 is 20.4. The van der Waals surface area contributed by atoms with Crippen molar-refractivity contribution in [3.63, 3.8) is 0 Å². The van der Waals surface area contributed by atoms with E-state index in [2.05, 4.69) is 16.0 Å². The molecule has 15 nitrogen and oxygen atoms in total. The van der Waals surface area contributed by atoms with Crippen molar-refractivity contribution in [1.82, 2.24) is 10.6 Å². The van der Waals surface area contributed by atoms with Gasteiger partial charge < -0.3 is 45.7 Å². The van der Waals surface area contributed by atoms with Crippen LogP contribution in [0.5, 0.6) is 11.5 Å². The SMILES string of the molecule is COc1ccc(N)cc1.COc1ccc(NC(=O)/C=C/[C@H](CCc2ccccc2)CC(=O)[C@H](C)NC(=O)OC(C)(C)C)cc1.C[C@H](NC(=O)OC(C)(C)C)C(=O)C[C@H](/C=C/C(=O)O)CCc1ccccc1. The molecule has 384 valence electrons. The minimum atomic E-state index is -1.05. The second-order valence-corrected chi connectivity index (χ2v) is 18.7. The third kappa shape index (κ3) is 28.0. The molecule has 4 aromatic carbocycles. The first-order valence-electron chi connectivity index (χ1n) is 23.5. The van der Waals surface area contributed by atoms with Gasteiger partial charge in [0.2, 0.25) is 5.91 Å². The summed E-state index contributed by atoms with van der Waals surface area (Å²) in [5.41, 5.74) is 7.82. The van der Waals surface area contributed by atoms with Crippen molar-refractivity contribution in [2.75, 3.05) is 25.3 Å². The van der Waals surface area contributed by atoms with Gasteiger partial charge in [-0.2, -0.15) is 0 Å². The highest BCUT2D eigenvalue weighted by molar-refractivity contribution is 5.99. The summed E-state index contributed by atoms with van der Waals surface area (Å²) in [6, 6.07) is 32.7. The average Bonchev–Trinajstić information content (AvgIpc) is 3.30. The quantitative estimate of drug-likeness (QED) is 0.0389. The minimum Gasteiger partial charge on any atom is -0.497 e. The van der Waals surface area contributed by atoms with E-state index in [1.807, 2.05) is 72.8 Å². The van der Waals surface area contributed by atoms with E-state index in [0.29, 0.717) is 24.3 Å². The molecule has 0 spiro atoms. The molecule has 0 saturated carbocycles. The maximum atomic E-state index is 12.8. The van der Waals surface area contributed by atoms with E-state index < -0.39 is 41.4 Å². The van der Waals surface area contributed by atoms with E-state index in [0.717, 1.165) is 41.5 Å². The summed E-state index contributed by atoms with van der Waals surface area (Å²) in [5, 5.41) is 16.8. The zero-order valence-corrected chi connectivity index (χ0v) is 42.9. The molecule has 0 radical (unpaired) electrons. The number of ketones is 2. The number of carboxylic acid groups (broad SMARTS) is 1. The third-order valence-electron chi connectivity index (χ3n) is 10.2. The molecule has 4 atom stereocenters. The molecule has 71 heavy (non-hydrogen) atoms. The van der Waals surface area contributed by atoms with Crippen LogP contribution in [0, 0.1) is 11.8 Å². The van der Waals surface area contributed by atoms with Crippen molar-refractivity contribution in [3.05, 3.63) is 145 Å². The van der Waals surface area contributed by atoms with Crippen LogP contribution in [0.1, 0.15) is 92.2 Å². The number of methoxy groups -OCH3 is 2. The minimum absolute atomic E-state index is 0.130. The highest BCUT2D eigenvalue weighted by atomic mass is 16.6. The van der Waals surface area contributed by atoms with Gasteiger partial charge in [-0.05, 0) is 159 Å². The molecule has 6 N–H and O–H groups in total. The number of carbonyl (C=O) groups excluding carboxylic acids is 5. The van der Waals surface area contributed by atoms with Gasteiger partial charge in [0.1, 0.15) is 22.7 Å². The predicted octanol–water partition coefficient (Wildman–Crippen LogP) is 10.3. The molecular weight excluding hydrogens is 905 g/mol. The fraction of sp³-hybridized carbons (Fsp3) is 0.393. The van der Waals surface area contributed by atoms with Crippen LogP contribution in [0.15, 0.2) is 133 Å². The Balaban J connectivity index is 0.000000422. The number of Topliss-reactive ketones (excluding diaryl/α,β-unsaturated/α-hetero) is 2. The van der Waals surface area contributed by atoms with E-state index in [4.69, 9.17) is 29.8 Å². The highest BCUT2D eigenvalue weighted by Crippen LogP contribution is 2.20. The number of hydrogen-bond donors (Lipinski definition) is 5. The monoisotopic (exact) mass is 979 g/mol. The maximum Gasteiger partial charge on any atom is 0.408 e. The van der Waals surface area contributed by atoms with Gasteiger partial charge in [-0.3, -0.25) is 14.4 Å². The molecule has 0 aliphatic heterocycles. The number of benzene rings is 4. The first-order valence-corrected chi connectivity index (χ1v) is 23.5. The smallest absolute Gasteiger partial charge is 0.408 e. The van der Waals surface area contributed by atoms with Crippen molar-refractivity contribution < 1.29 is 52.8 Å². The molecule has 0 aliphatic rings. The molecule has 0 aliphatic carbocycles. The van der Waals surface area contributed by atoms with Gasteiger partial charge in [-0.25, -0.2) is 14.4 Å². The van der Waals surface area contributed by atoms with Crippen LogP contribution in [0.2, 0.25) is 0 Å². The number of rotatable bonds is 21. The summed E-state index contributed by atoms with van der Waals surface area (Å²) in [7, 11) is 3.21. The summed E-state index contributed by atoms with van der Waals surface area (Å²) >= 11 is 0. The van der Waals surface area contributed by atoms with Crippen molar-refractivity contribution in [1.29, 1.82) is 0 Å². The molecular formula is C56H74N4O11. The van der Waals surface area contributed by atoms with Crippen molar-refractivity contribution >= 4 is 47.0 Å². The summed E-state index contributed by atoms with van der Waals surface area (Å²) in [6.45, 7) is 13.8. The lowest BCUT2D eigenvalue weighted by Crippen LogP contribution is -2.42. The summed E-state index contributed by atoms with van der Waals surface area (Å²) in [4.78, 5) is 72.4. The molecule has 4 rings (SSSR count). The number of nitrogens with two attached hydrogens (primary N) is 1. The lowest BCUT2D eigenvalue weighted by molar-refractivity contribution is -0.131. The Bertz CT molecular complexity index is 2300. The van der Waals surface area contributed by atoms with Gasteiger partial charge >= 0.3 is 18.2 Å². The third-order valence-corrected chi connectivity index (χ3v) is 10.2.